The number of ketones is 1. The maximum Gasteiger partial charge on any atom is 0.165 e. The minimum Gasteiger partial charge on any atom is -0.384 e. The van der Waals surface area contributed by atoms with Crippen LogP contribution < -0.4 is 5.32 Å². The molecule has 3 rings (SSSR count). The van der Waals surface area contributed by atoms with Crippen molar-refractivity contribution in [1.29, 1.82) is 0 Å². The van der Waals surface area contributed by atoms with Crippen LogP contribution in [0, 0.1) is 6.92 Å². The van der Waals surface area contributed by atoms with Crippen molar-refractivity contribution in [3.63, 3.8) is 0 Å². The summed E-state index contributed by atoms with van der Waals surface area (Å²) in [6.07, 6.45) is 2.21. The van der Waals surface area contributed by atoms with Gasteiger partial charge in [0.25, 0.3) is 0 Å². The van der Waals surface area contributed by atoms with Crippen LogP contribution in [-0.4, -0.2) is 17.3 Å². The molecular weight excluding hydrogens is 236 g/mol. The number of nitrogens with one attached hydrogen (secondary N) is 1. The van der Waals surface area contributed by atoms with Gasteiger partial charge < -0.3 is 5.32 Å². The largest absolute Gasteiger partial charge is 0.384 e. The Morgan fingerprint density at radius 1 is 1.32 bits per heavy atom. The highest BCUT2D eigenvalue weighted by molar-refractivity contribution is 5.96. The van der Waals surface area contributed by atoms with Crippen molar-refractivity contribution in [2.24, 2.45) is 0 Å². The van der Waals surface area contributed by atoms with Gasteiger partial charge in [0.15, 0.2) is 5.78 Å². The summed E-state index contributed by atoms with van der Waals surface area (Å²) in [6, 6.07) is 11.9. The summed E-state index contributed by atoms with van der Waals surface area (Å²) in [6.45, 7) is 2.76. The second kappa shape index (κ2) is 4.84. The van der Waals surface area contributed by atoms with Crippen molar-refractivity contribution >= 4 is 11.5 Å². The number of nitrogens with zero attached hydrogens (tertiary/aromatic N) is 1. The van der Waals surface area contributed by atoms with Gasteiger partial charge in [0.2, 0.25) is 0 Å². The molecule has 19 heavy (non-hydrogen) atoms. The monoisotopic (exact) mass is 252 g/mol. The molecule has 0 bridgehead atoms. The molecule has 1 atom stereocenters. The highest BCUT2D eigenvalue weighted by Gasteiger charge is 2.24. The summed E-state index contributed by atoms with van der Waals surface area (Å²) in [5.41, 5.74) is 4.04. The molecule has 1 aromatic heterocycles. The lowest BCUT2D eigenvalue weighted by molar-refractivity contribution is 0.0975. The number of hydrogen-bond donors (Lipinski definition) is 1. The van der Waals surface area contributed by atoms with Gasteiger partial charge in [-0.2, -0.15) is 0 Å². The molecule has 3 nitrogen and oxygen atoms in total. The number of rotatable bonds is 3. The van der Waals surface area contributed by atoms with Crippen molar-refractivity contribution in [3.8, 4) is 0 Å². The minimum absolute atomic E-state index is 0.163. The quantitative estimate of drug-likeness (QED) is 0.853. The number of Topliss-reactive ketones (excluding diaryl/α,β-unsaturated/α-hetero) is 1. The van der Waals surface area contributed by atoms with E-state index in [1.165, 1.54) is 5.56 Å². The topological polar surface area (TPSA) is 42.0 Å². The van der Waals surface area contributed by atoms with E-state index in [1.807, 2.05) is 31.2 Å². The summed E-state index contributed by atoms with van der Waals surface area (Å²) in [7, 11) is 0. The zero-order valence-electron chi connectivity index (χ0n) is 10.9. The van der Waals surface area contributed by atoms with Gasteiger partial charge >= 0.3 is 0 Å². The molecule has 0 spiro atoms. The van der Waals surface area contributed by atoms with Crippen LogP contribution in [0.1, 0.15) is 34.0 Å². The normalized spacial score (nSPS) is 16.8. The second-order valence-electron chi connectivity index (χ2n) is 4.98. The number of aromatic nitrogens is 1. The summed E-state index contributed by atoms with van der Waals surface area (Å²) in [5.74, 6) is 0.431. The fourth-order valence-corrected chi connectivity index (χ4v) is 2.51. The van der Waals surface area contributed by atoms with E-state index in [9.17, 15) is 4.79 Å². The third kappa shape index (κ3) is 2.36. The van der Waals surface area contributed by atoms with E-state index in [0.29, 0.717) is 12.0 Å². The zero-order valence-corrected chi connectivity index (χ0v) is 10.9. The van der Waals surface area contributed by atoms with Gasteiger partial charge in [-0.1, -0.05) is 18.2 Å². The number of benzene rings is 1. The molecule has 1 N–H and O–H groups in total. The van der Waals surface area contributed by atoms with Gasteiger partial charge in [-0.15, -0.1) is 0 Å². The third-order valence-corrected chi connectivity index (χ3v) is 3.60. The molecule has 0 fully saturated rings. The maximum absolute atomic E-state index is 12.3. The molecule has 96 valence electrons. The standard InChI is InChI=1S/C16H16N2O/c1-11-6-7-12(9-17-11)16(19)8-13-10-18-15-5-3-2-4-14(13)15/h2-7,9,13,18H,8,10H2,1H3. The molecule has 1 aliphatic rings. The van der Waals surface area contributed by atoms with Gasteiger partial charge in [-0.05, 0) is 30.7 Å². The van der Waals surface area contributed by atoms with E-state index in [2.05, 4.69) is 22.4 Å². The van der Waals surface area contributed by atoms with Gasteiger partial charge in [0.05, 0.1) is 0 Å². The summed E-state index contributed by atoms with van der Waals surface area (Å²) < 4.78 is 0. The number of para-hydroxylation sites is 1. The van der Waals surface area contributed by atoms with E-state index >= 15 is 0 Å². The second-order valence-corrected chi connectivity index (χ2v) is 4.98. The summed E-state index contributed by atoms with van der Waals surface area (Å²) >= 11 is 0. The Labute approximate surface area is 112 Å². The van der Waals surface area contributed by atoms with Crippen molar-refractivity contribution in [3.05, 3.63) is 59.4 Å². The van der Waals surface area contributed by atoms with Crippen molar-refractivity contribution < 1.29 is 4.79 Å². The van der Waals surface area contributed by atoms with Gasteiger partial charge in [0.1, 0.15) is 0 Å². The molecule has 1 aliphatic heterocycles. The number of anilines is 1. The average Bonchev–Trinajstić information content (AvgIpc) is 2.83. The van der Waals surface area contributed by atoms with Gasteiger partial charge in [0, 0.05) is 42.0 Å². The molecule has 1 aromatic carbocycles. The van der Waals surface area contributed by atoms with E-state index in [-0.39, 0.29) is 11.7 Å². The number of carbonyl (C=O) groups excluding carboxylic acids is 1. The van der Waals surface area contributed by atoms with Crippen LogP contribution in [0.4, 0.5) is 5.69 Å². The number of aryl methyl sites for hydroxylation is 1. The molecule has 0 saturated heterocycles. The number of fused-ring (bicyclic) bond motifs is 1. The minimum atomic E-state index is 0.163. The summed E-state index contributed by atoms with van der Waals surface area (Å²) in [4.78, 5) is 16.4. The van der Waals surface area contributed by atoms with Crippen molar-refractivity contribution in [2.75, 3.05) is 11.9 Å². The smallest absolute Gasteiger partial charge is 0.165 e. The Kier molecular flexibility index (Phi) is 3.03. The molecule has 3 heteroatoms. The summed E-state index contributed by atoms with van der Waals surface area (Å²) in [5, 5.41) is 3.35. The van der Waals surface area contributed by atoms with Crippen molar-refractivity contribution in [2.45, 2.75) is 19.3 Å². The Morgan fingerprint density at radius 2 is 2.16 bits per heavy atom. The average molecular weight is 252 g/mol. The SMILES string of the molecule is Cc1ccc(C(=O)CC2CNc3ccccc32)cn1. The van der Waals surface area contributed by atoms with Crippen LogP contribution in [0.25, 0.3) is 0 Å². The highest BCUT2D eigenvalue weighted by Crippen LogP contribution is 2.33. The zero-order chi connectivity index (χ0) is 13.2. The molecular formula is C16H16N2O. The Bertz CT molecular complexity index is 604. The van der Waals surface area contributed by atoms with Crippen LogP contribution in [0.5, 0.6) is 0 Å². The lowest BCUT2D eigenvalue weighted by Gasteiger charge is -2.09. The van der Waals surface area contributed by atoms with Crippen LogP contribution >= 0.6 is 0 Å². The lowest BCUT2D eigenvalue weighted by Crippen LogP contribution is -2.09. The van der Waals surface area contributed by atoms with Gasteiger partial charge in [-0.25, -0.2) is 0 Å². The van der Waals surface area contributed by atoms with E-state index < -0.39 is 0 Å². The fraction of sp³-hybridized carbons (Fsp3) is 0.250. The number of hydrogen-bond acceptors (Lipinski definition) is 3. The Balaban J connectivity index is 1.76. The van der Waals surface area contributed by atoms with Crippen molar-refractivity contribution in [1.82, 2.24) is 4.98 Å². The van der Waals surface area contributed by atoms with Crippen LogP contribution in [0.2, 0.25) is 0 Å². The van der Waals surface area contributed by atoms with Crippen LogP contribution in [0.3, 0.4) is 0 Å². The Hall–Kier alpha value is -2.16. The predicted octanol–water partition coefficient (Wildman–Crippen LogP) is 3.17. The maximum atomic E-state index is 12.3. The van der Waals surface area contributed by atoms with Gasteiger partial charge in [-0.3, -0.25) is 9.78 Å². The van der Waals surface area contributed by atoms with Crippen LogP contribution in [-0.2, 0) is 0 Å². The molecule has 2 heterocycles. The van der Waals surface area contributed by atoms with E-state index in [4.69, 9.17) is 0 Å². The first-order chi connectivity index (χ1) is 9.24. The molecule has 2 aromatic rings. The Morgan fingerprint density at radius 3 is 2.95 bits per heavy atom. The lowest BCUT2D eigenvalue weighted by atomic mass is 9.94. The molecule has 0 saturated carbocycles. The fourth-order valence-electron chi connectivity index (χ4n) is 2.51. The predicted molar refractivity (Wildman–Crippen MR) is 75.6 cm³/mol. The molecule has 0 aliphatic carbocycles. The molecule has 0 radical (unpaired) electrons. The first-order valence-electron chi connectivity index (χ1n) is 6.52. The molecule has 0 amide bonds. The van der Waals surface area contributed by atoms with E-state index in [0.717, 1.165) is 17.9 Å². The highest BCUT2D eigenvalue weighted by atomic mass is 16.1. The third-order valence-electron chi connectivity index (χ3n) is 3.60. The van der Waals surface area contributed by atoms with E-state index in [1.54, 1.807) is 6.20 Å². The number of carbonyl (C=O) groups is 1. The first kappa shape index (κ1) is 11.9. The first-order valence-corrected chi connectivity index (χ1v) is 6.52. The molecule has 1 unspecified atom stereocenters. The van der Waals surface area contributed by atoms with Crippen LogP contribution in [0.15, 0.2) is 42.6 Å². The number of pyridine rings is 1.